The van der Waals surface area contributed by atoms with Gasteiger partial charge >= 0.3 is 5.97 Å². The van der Waals surface area contributed by atoms with Gasteiger partial charge in [0.2, 0.25) is 15.9 Å². The van der Waals surface area contributed by atoms with Crippen LogP contribution in [0.2, 0.25) is 0 Å². The first kappa shape index (κ1) is 18.1. The van der Waals surface area contributed by atoms with Crippen LogP contribution < -0.4 is 10.0 Å². The molecule has 22 heavy (non-hydrogen) atoms. The summed E-state index contributed by atoms with van der Waals surface area (Å²) in [6, 6.07) is 5.23. The van der Waals surface area contributed by atoms with E-state index in [1.807, 2.05) is 0 Å². The third-order valence-corrected chi connectivity index (χ3v) is 3.97. The summed E-state index contributed by atoms with van der Waals surface area (Å²) in [4.78, 5) is 22.9. The minimum Gasteiger partial charge on any atom is -0.462 e. The molecule has 0 radical (unpaired) electrons. The summed E-state index contributed by atoms with van der Waals surface area (Å²) in [6.07, 6.45) is 0. The molecule has 8 heteroatoms. The van der Waals surface area contributed by atoms with Gasteiger partial charge in [0.25, 0.3) is 0 Å². The van der Waals surface area contributed by atoms with E-state index in [1.54, 1.807) is 20.8 Å². The van der Waals surface area contributed by atoms with Crippen molar-refractivity contribution in [2.75, 3.05) is 13.2 Å². The Labute approximate surface area is 130 Å². The predicted octanol–water partition coefficient (Wildman–Crippen LogP) is 0.666. The lowest BCUT2D eigenvalue weighted by Crippen LogP contribution is -2.39. The summed E-state index contributed by atoms with van der Waals surface area (Å²) >= 11 is 0. The summed E-state index contributed by atoms with van der Waals surface area (Å²) in [5.74, 6) is -0.933. The number of ether oxygens (including phenoxy) is 1. The van der Waals surface area contributed by atoms with E-state index in [0.717, 1.165) is 0 Å². The molecule has 0 aliphatic carbocycles. The number of esters is 1. The van der Waals surface area contributed by atoms with Crippen molar-refractivity contribution < 1.29 is 22.7 Å². The molecule has 0 saturated heterocycles. The van der Waals surface area contributed by atoms with Gasteiger partial charge in [-0.05, 0) is 45.0 Å². The second-order valence-corrected chi connectivity index (χ2v) is 6.56. The maximum absolute atomic E-state index is 12.0. The zero-order valence-corrected chi connectivity index (χ0v) is 13.6. The molecule has 0 spiro atoms. The van der Waals surface area contributed by atoms with Gasteiger partial charge in [0.15, 0.2) is 0 Å². The van der Waals surface area contributed by atoms with Crippen molar-refractivity contribution in [2.45, 2.75) is 31.7 Å². The van der Waals surface area contributed by atoms with E-state index in [2.05, 4.69) is 10.0 Å². The molecule has 0 aromatic heterocycles. The molecule has 0 fully saturated rings. The number of rotatable bonds is 7. The average molecular weight is 328 g/mol. The zero-order valence-electron chi connectivity index (χ0n) is 12.8. The molecule has 122 valence electrons. The van der Waals surface area contributed by atoms with E-state index in [9.17, 15) is 18.0 Å². The summed E-state index contributed by atoms with van der Waals surface area (Å²) in [5, 5.41) is 2.58. The Morgan fingerprint density at radius 3 is 2.27 bits per heavy atom. The molecular weight excluding hydrogens is 308 g/mol. The molecule has 7 nitrogen and oxygen atoms in total. The molecule has 0 saturated carbocycles. The maximum atomic E-state index is 12.0. The van der Waals surface area contributed by atoms with Crippen LogP contribution in [-0.4, -0.2) is 39.5 Å². The third kappa shape index (κ3) is 5.45. The van der Waals surface area contributed by atoms with Crippen molar-refractivity contribution in [1.29, 1.82) is 0 Å². The molecular formula is C14H20N2O5S. The Morgan fingerprint density at radius 1 is 1.18 bits per heavy atom. The van der Waals surface area contributed by atoms with E-state index in [1.165, 1.54) is 24.3 Å². The Morgan fingerprint density at radius 2 is 1.77 bits per heavy atom. The minimum absolute atomic E-state index is 0.0297. The standard InChI is InChI=1S/C14H20N2O5S/c1-4-21-14(18)11-5-7-12(8-6-11)22(19,20)15-9-13(17)16-10(2)3/h5-8,10,15H,4,9H2,1-3H3,(H,16,17). The molecule has 0 aliphatic rings. The fraction of sp³-hybridized carbons (Fsp3) is 0.429. The lowest BCUT2D eigenvalue weighted by Gasteiger charge is -2.10. The smallest absolute Gasteiger partial charge is 0.338 e. The first-order valence-corrected chi connectivity index (χ1v) is 8.30. The summed E-state index contributed by atoms with van der Waals surface area (Å²) in [6.45, 7) is 5.13. The Hall–Kier alpha value is -1.93. The number of amides is 1. The van der Waals surface area contributed by atoms with Gasteiger partial charge in [-0.3, -0.25) is 4.79 Å². The highest BCUT2D eigenvalue weighted by Crippen LogP contribution is 2.11. The largest absolute Gasteiger partial charge is 0.462 e. The molecule has 0 aliphatic heterocycles. The topological polar surface area (TPSA) is 102 Å². The lowest BCUT2D eigenvalue weighted by atomic mass is 10.2. The minimum atomic E-state index is -3.81. The summed E-state index contributed by atoms with van der Waals surface area (Å²) < 4.78 is 31.1. The molecule has 0 unspecified atom stereocenters. The molecule has 0 heterocycles. The van der Waals surface area contributed by atoms with Crippen molar-refractivity contribution in [3.63, 3.8) is 0 Å². The van der Waals surface area contributed by atoms with Crippen molar-refractivity contribution in [2.24, 2.45) is 0 Å². The van der Waals surface area contributed by atoms with Gasteiger partial charge in [-0.25, -0.2) is 17.9 Å². The molecule has 2 N–H and O–H groups in total. The number of carbonyl (C=O) groups is 2. The fourth-order valence-corrected chi connectivity index (χ4v) is 2.58. The number of sulfonamides is 1. The van der Waals surface area contributed by atoms with E-state index < -0.39 is 21.9 Å². The van der Waals surface area contributed by atoms with Gasteiger partial charge in [0.1, 0.15) is 0 Å². The van der Waals surface area contributed by atoms with Crippen LogP contribution in [0.5, 0.6) is 0 Å². The molecule has 1 aromatic rings. The van der Waals surface area contributed by atoms with Gasteiger partial charge in [-0.15, -0.1) is 0 Å². The summed E-state index contributed by atoms with van der Waals surface area (Å²) in [7, 11) is -3.81. The van der Waals surface area contributed by atoms with E-state index in [0.29, 0.717) is 0 Å². The molecule has 0 atom stereocenters. The first-order chi connectivity index (χ1) is 10.3. The van der Waals surface area contributed by atoms with Crippen LogP contribution in [0.15, 0.2) is 29.2 Å². The molecule has 1 aromatic carbocycles. The highest BCUT2D eigenvalue weighted by molar-refractivity contribution is 7.89. The number of hydrogen-bond donors (Lipinski definition) is 2. The van der Waals surface area contributed by atoms with E-state index in [4.69, 9.17) is 4.74 Å². The molecule has 1 rings (SSSR count). The Balaban J connectivity index is 2.73. The number of nitrogens with one attached hydrogen (secondary N) is 2. The number of benzene rings is 1. The van der Waals surface area contributed by atoms with Crippen LogP contribution in [-0.2, 0) is 19.6 Å². The highest BCUT2D eigenvalue weighted by Gasteiger charge is 2.16. The zero-order chi connectivity index (χ0) is 16.8. The van der Waals surface area contributed by atoms with Crippen molar-refractivity contribution in [3.05, 3.63) is 29.8 Å². The van der Waals surface area contributed by atoms with Crippen LogP contribution in [0.3, 0.4) is 0 Å². The second-order valence-electron chi connectivity index (χ2n) is 4.79. The van der Waals surface area contributed by atoms with Crippen molar-refractivity contribution in [3.8, 4) is 0 Å². The highest BCUT2D eigenvalue weighted by atomic mass is 32.2. The average Bonchev–Trinajstić information content (AvgIpc) is 2.45. The molecule has 1 amide bonds. The van der Waals surface area contributed by atoms with Gasteiger partial charge in [0.05, 0.1) is 23.6 Å². The SMILES string of the molecule is CCOC(=O)c1ccc(S(=O)(=O)NCC(=O)NC(C)C)cc1. The quantitative estimate of drug-likeness (QED) is 0.716. The van der Waals surface area contributed by atoms with Crippen LogP contribution in [0, 0.1) is 0 Å². The fourth-order valence-electron chi connectivity index (χ4n) is 1.60. The molecule has 0 bridgehead atoms. The van der Waals surface area contributed by atoms with E-state index in [-0.39, 0.29) is 29.7 Å². The second kappa shape index (κ2) is 7.90. The Bertz CT molecular complexity index is 623. The van der Waals surface area contributed by atoms with Gasteiger partial charge in [-0.2, -0.15) is 0 Å². The van der Waals surface area contributed by atoms with Crippen LogP contribution >= 0.6 is 0 Å². The van der Waals surface area contributed by atoms with Gasteiger partial charge in [-0.1, -0.05) is 0 Å². The first-order valence-electron chi connectivity index (χ1n) is 6.82. The summed E-state index contributed by atoms with van der Waals surface area (Å²) in [5.41, 5.74) is 0.262. The normalized spacial score (nSPS) is 11.3. The van der Waals surface area contributed by atoms with Gasteiger partial charge in [0, 0.05) is 6.04 Å². The monoisotopic (exact) mass is 328 g/mol. The van der Waals surface area contributed by atoms with Crippen LogP contribution in [0.4, 0.5) is 0 Å². The predicted molar refractivity (Wildman–Crippen MR) is 80.9 cm³/mol. The van der Waals surface area contributed by atoms with Gasteiger partial charge < -0.3 is 10.1 Å². The Kier molecular flexibility index (Phi) is 6.51. The van der Waals surface area contributed by atoms with E-state index >= 15 is 0 Å². The maximum Gasteiger partial charge on any atom is 0.338 e. The van der Waals surface area contributed by atoms with Crippen LogP contribution in [0.1, 0.15) is 31.1 Å². The van der Waals surface area contributed by atoms with Crippen molar-refractivity contribution in [1.82, 2.24) is 10.0 Å². The van der Waals surface area contributed by atoms with Crippen molar-refractivity contribution >= 4 is 21.9 Å². The third-order valence-electron chi connectivity index (χ3n) is 2.55. The number of carbonyl (C=O) groups excluding carboxylic acids is 2. The number of hydrogen-bond acceptors (Lipinski definition) is 5. The van der Waals surface area contributed by atoms with Crippen LogP contribution in [0.25, 0.3) is 0 Å². The lowest BCUT2D eigenvalue weighted by molar-refractivity contribution is -0.120.